The summed E-state index contributed by atoms with van der Waals surface area (Å²) >= 11 is 0. The Morgan fingerprint density at radius 3 is 2.57 bits per heavy atom. The lowest BCUT2D eigenvalue weighted by molar-refractivity contribution is -0.116. The number of aromatic amines is 1. The van der Waals surface area contributed by atoms with Gasteiger partial charge in [-0.3, -0.25) is 9.59 Å². The van der Waals surface area contributed by atoms with Crippen LogP contribution >= 0.6 is 0 Å². The van der Waals surface area contributed by atoms with Gasteiger partial charge in [-0.2, -0.15) is 0 Å². The third-order valence-corrected chi connectivity index (χ3v) is 4.21. The van der Waals surface area contributed by atoms with Crippen LogP contribution < -0.4 is 10.6 Å². The fourth-order valence-corrected chi connectivity index (χ4v) is 2.81. The molecule has 0 aliphatic heterocycles. The Balaban J connectivity index is 1.31. The van der Waals surface area contributed by atoms with Crippen LogP contribution in [0, 0.1) is 0 Å². The summed E-state index contributed by atoms with van der Waals surface area (Å²) in [5.74, 6) is 0.477. The summed E-state index contributed by atoms with van der Waals surface area (Å²) in [5, 5.41) is 5.45. The molecule has 2 amide bonds. The summed E-state index contributed by atoms with van der Waals surface area (Å²) < 4.78 is 5.00. The van der Waals surface area contributed by atoms with Gasteiger partial charge in [0.25, 0.3) is 5.91 Å². The molecule has 4 aromatic rings. The third kappa shape index (κ3) is 3.93. The van der Waals surface area contributed by atoms with E-state index in [0.717, 1.165) is 22.4 Å². The predicted molar refractivity (Wildman–Crippen MR) is 106 cm³/mol. The van der Waals surface area contributed by atoms with Crippen molar-refractivity contribution >= 4 is 28.5 Å². The van der Waals surface area contributed by atoms with E-state index in [0.29, 0.717) is 5.69 Å². The number of hydrogen-bond acceptors (Lipinski definition) is 4. The second kappa shape index (κ2) is 7.79. The highest BCUT2D eigenvalue weighted by atomic mass is 16.3. The molecule has 0 saturated heterocycles. The Hall–Kier alpha value is -3.87. The smallest absolute Gasteiger partial charge is 0.286 e. The summed E-state index contributed by atoms with van der Waals surface area (Å²) in [7, 11) is 0. The minimum absolute atomic E-state index is 0.164. The SMILES string of the molecule is O=C(CCNC(=O)c1ccco1)Nc1ccc(-c2nc3ccccc3[nH]2)cc1. The highest BCUT2D eigenvalue weighted by Crippen LogP contribution is 2.22. The molecule has 0 unspecified atom stereocenters. The Morgan fingerprint density at radius 1 is 1.00 bits per heavy atom. The normalized spacial score (nSPS) is 10.7. The van der Waals surface area contributed by atoms with E-state index in [4.69, 9.17) is 4.42 Å². The molecule has 0 saturated carbocycles. The van der Waals surface area contributed by atoms with Crippen molar-refractivity contribution in [2.24, 2.45) is 0 Å². The number of amides is 2. The van der Waals surface area contributed by atoms with Gasteiger partial charge >= 0.3 is 0 Å². The molecule has 2 aromatic heterocycles. The molecule has 7 heteroatoms. The fraction of sp³-hybridized carbons (Fsp3) is 0.0952. The summed E-state index contributed by atoms with van der Waals surface area (Å²) in [6.07, 6.45) is 1.59. The number of aromatic nitrogens is 2. The van der Waals surface area contributed by atoms with Gasteiger partial charge < -0.3 is 20.0 Å². The van der Waals surface area contributed by atoms with Gasteiger partial charge in [-0.05, 0) is 48.5 Å². The van der Waals surface area contributed by atoms with Gasteiger partial charge in [0.2, 0.25) is 5.91 Å². The van der Waals surface area contributed by atoms with Crippen molar-refractivity contribution in [3.8, 4) is 11.4 Å². The van der Waals surface area contributed by atoms with Crippen LogP contribution in [0.1, 0.15) is 17.0 Å². The van der Waals surface area contributed by atoms with E-state index < -0.39 is 0 Å². The highest BCUT2D eigenvalue weighted by Gasteiger charge is 2.09. The Labute approximate surface area is 160 Å². The van der Waals surface area contributed by atoms with E-state index in [1.165, 1.54) is 6.26 Å². The zero-order chi connectivity index (χ0) is 19.3. The number of furan rings is 1. The molecule has 4 rings (SSSR count). The molecule has 3 N–H and O–H groups in total. The van der Waals surface area contributed by atoms with E-state index in [-0.39, 0.29) is 30.5 Å². The van der Waals surface area contributed by atoms with Crippen LogP contribution in [0.15, 0.2) is 71.3 Å². The topological polar surface area (TPSA) is 100 Å². The molecule has 2 aromatic carbocycles. The average molecular weight is 374 g/mol. The molecule has 2 heterocycles. The van der Waals surface area contributed by atoms with Crippen molar-refractivity contribution in [2.75, 3.05) is 11.9 Å². The molecule has 0 bridgehead atoms. The molecule has 7 nitrogen and oxygen atoms in total. The number of fused-ring (bicyclic) bond motifs is 1. The molecular formula is C21H18N4O3. The molecule has 0 aliphatic rings. The summed E-state index contributed by atoms with van der Waals surface area (Å²) in [4.78, 5) is 31.6. The van der Waals surface area contributed by atoms with E-state index in [9.17, 15) is 9.59 Å². The average Bonchev–Trinajstić information content (AvgIpc) is 3.38. The number of hydrogen-bond donors (Lipinski definition) is 3. The number of anilines is 1. The lowest BCUT2D eigenvalue weighted by Gasteiger charge is -2.06. The second-order valence-corrected chi connectivity index (χ2v) is 6.21. The van der Waals surface area contributed by atoms with Gasteiger partial charge in [0.15, 0.2) is 5.76 Å². The van der Waals surface area contributed by atoms with Crippen LogP contribution in [0.3, 0.4) is 0 Å². The molecule has 0 spiro atoms. The van der Waals surface area contributed by atoms with Crippen molar-refractivity contribution in [1.82, 2.24) is 15.3 Å². The zero-order valence-electron chi connectivity index (χ0n) is 14.9. The van der Waals surface area contributed by atoms with Crippen molar-refractivity contribution in [3.05, 3.63) is 72.7 Å². The first-order chi connectivity index (χ1) is 13.7. The Bertz CT molecular complexity index is 1070. The maximum Gasteiger partial charge on any atom is 0.286 e. The Morgan fingerprint density at radius 2 is 1.82 bits per heavy atom. The minimum Gasteiger partial charge on any atom is -0.459 e. The van der Waals surface area contributed by atoms with Crippen LogP contribution in [0.5, 0.6) is 0 Å². The quantitative estimate of drug-likeness (QED) is 0.480. The predicted octanol–water partition coefficient (Wildman–Crippen LogP) is 3.58. The summed E-state index contributed by atoms with van der Waals surface area (Å²) in [5.41, 5.74) is 3.50. The van der Waals surface area contributed by atoms with Gasteiger partial charge in [0.05, 0.1) is 17.3 Å². The fourth-order valence-electron chi connectivity index (χ4n) is 2.81. The van der Waals surface area contributed by atoms with E-state index in [1.54, 1.807) is 12.1 Å². The summed E-state index contributed by atoms with van der Waals surface area (Å²) in [6, 6.07) is 18.5. The molecule has 28 heavy (non-hydrogen) atoms. The molecule has 0 fully saturated rings. The van der Waals surface area contributed by atoms with Crippen molar-refractivity contribution in [3.63, 3.8) is 0 Å². The monoisotopic (exact) mass is 374 g/mol. The van der Waals surface area contributed by atoms with E-state index in [1.807, 2.05) is 48.5 Å². The van der Waals surface area contributed by atoms with Gasteiger partial charge in [0, 0.05) is 24.2 Å². The number of nitrogens with one attached hydrogen (secondary N) is 3. The first-order valence-electron chi connectivity index (χ1n) is 8.86. The lowest BCUT2D eigenvalue weighted by atomic mass is 10.2. The van der Waals surface area contributed by atoms with Crippen molar-refractivity contribution in [1.29, 1.82) is 0 Å². The van der Waals surface area contributed by atoms with E-state index >= 15 is 0 Å². The van der Waals surface area contributed by atoms with Gasteiger partial charge in [-0.25, -0.2) is 4.98 Å². The highest BCUT2D eigenvalue weighted by molar-refractivity contribution is 5.93. The first kappa shape index (κ1) is 17.5. The van der Waals surface area contributed by atoms with Crippen molar-refractivity contribution < 1.29 is 14.0 Å². The number of imidazole rings is 1. The molecule has 0 aliphatic carbocycles. The number of para-hydroxylation sites is 2. The van der Waals surface area contributed by atoms with Crippen LogP contribution in [0.2, 0.25) is 0 Å². The largest absolute Gasteiger partial charge is 0.459 e. The minimum atomic E-state index is -0.340. The maximum absolute atomic E-state index is 12.0. The van der Waals surface area contributed by atoms with Crippen LogP contribution in [0.4, 0.5) is 5.69 Å². The standard InChI is InChI=1S/C21H18N4O3/c26-19(11-12-22-21(27)18-6-3-13-28-18)23-15-9-7-14(8-10-15)20-24-16-4-1-2-5-17(16)25-20/h1-10,13H,11-12H2,(H,22,27)(H,23,26)(H,24,25). The van der Waals surface area contributed by atoms with Crippen LogP contribution in [-0.4, -0.2) is 28.3 Å². The third-order valence-electron chi connectivity index (χ3n) is 4.21. The number of carbonyl (C=O) groups is 2. The number of rotatable bonds is 6. The maximum atomic E-state index is 12.0. The van der Waals surface area contributed by atoms with Gasteiger partial charge in [0.1, 0.15) is 5.82 Å². The number of benzene rings is 2. The molecule has 0 atom stereocenters. The van der Waals surface area contributed by atoms with Crippen molar-refractivity contribution in [2.45, 2.75) is 6.42 Å². The van der Waals surface area contributed by atoms with Gasteiger partial charge in [-0.1, -0.05) is 12.1 Å². The molecule has 140 valence electrons. The number of nitrogens with zero attached hydrogens (tertiary/aromatic N) is 1. The van der Waals surface area contributed by atoms with Crippen LogP contribution in [-0.2, 0) is 4.79 Å². The molecule has 0 radical (unpaired) electrons. The number of carbonyl (C=O) groups excluding carboxylic acids is 2. The number of H-pyrrole nitrogens is 1. The summed E-state index contributed by atoms with van der Waals surface area (Å²) in [6.45, 7) is 0.225. The lowest BCUT2D eigenvalue weighted by Crippen LogP contribution is -2.27. The Kier molecular flexibility index (Phi) is 4.88. The zero-order valence-corrected chi connectivity index (χ0v) is 14.9. The van der Waals surface area contributed by atoms with E-state index in [2.05, 4.69) is 20.6 Å². The molecular weight excluding hydrogens is 356 g/mol. The second-order valence-electron chi connectivity index (χ2n) is 6.21. The van der Waals surface area contributed by atoms with Crippen LogP contribution in [0.25, 0.3) is 22.4 Å². The first-order valence-corrected chi connectivity index (χ1v) is 8.86. The van der Waals surface area contributed by atoms with Gasteiger partial charge in [-0.15, -0.1) is 0 Å².